The highest BCUT2D eigenvalue weighted by Crippen LogP contribution is 2.65. The summed E-state index contributed by atoms with van der Waals surface area (Å²) >= 11 is 0. The largest absolute Gasteiger partial charge is 0.504 e. The zero-order valence-corrected chi connectivity index (χ0v) is 23.8. The molecule has 2 N–H and O–H groups in total. The number of piperidine rings is 1. The highest BCUT2D eigenvalue weighted by Gasteiger charge is 2.74. The number of phenols is 1. The van der Waals surface area contributed by atoms with Gasteiger partial charge in [-0.3, -0.25) is 9.69 Å². The second-order valence-electron chi connectivity index (χ2n) is 12.4. The minimum absolute atomic E-state index is 0.116. The normalized spacial score (nSPS) is 29.7. The van der Waals surface area contributed by atoms with Gasteiger partial charge in [-0.2, -0.15) is 0 Å². The van der Waals surface area contributed by atoms with Crippen LogP contribution in [0.3, 0.4) is 0 Å². The minimum atomic E-state index is -1.22. The van der Waals surface area contributed by atoms with Gasteiger partial charge in [-0.25, -0.2) is 0 Å². The Balaban J connectivity index is 1.27. The molecule has 1 amide bonds. The molecule has 212 valence electrons. The predicted molar refractivity (Wildman–Crippen MR) is 159 cm³/mol. The van der Waals surface area contributed by atoms with E-state index in [1.807, 2.05) is 50.4 Å². The Labute approximate surface area is 241 Å². The Morgan fingerprint density at radius 1 is 1.12 bits per heavy atom. The number of phenolic OH excluding ortho intramolecular Hbond substituents is 1. The minimum Gasteiger partial charge on any atom is -0.504 e. The molecule has 3 aromatic rings. The van der Waals surface area contributed by atoms with Crippen molar-refractivity contribution in [2.24, 2.45) is 0 Å². The topological polar surface area (TPSA) is 73.2 Å². The number of nitrogens with zero attached hydrogens (tertiary/aromatic N) is 2. The summed E-state index contributed by atoms with van der Waals surface area (Å²) in [4.78, 5) is 17.9. The van der Waals surface area contributed by atoms with E-state index in [1.165, 1.54) is 5.56 Å². The van der Waals surface area contributed by atoms with E-state index in [0.29, 0.717) is 18.6 Å². The molecule has 6 nitrogen and oxygen atoms in total. The van der Waals surface area contributed by atoms with Crippen molar-refractivity contribution in [1.29, 1.82) is 0 Å². The van der Waals surface area contributed by atoms with E-state index < -0.39 is 11.0 Å². The summed E-state index contributed by atoms with van der Waals surface area (Å²) in [6.45, 7) is 3.71. The molecule has 2 unspecified atom stereocenters. The van der Waals surface area contributed by atoms with Crippen molar-refractivity contribution in [2.75, 3.05) is 20.1 Å². The van der Waals surface area contributed by atoms with Crippen LogP contribution in [-0.2, 0) is 23.1 Å². The fourth-order valence-corrected chi connectivity index (χ4v) is 8.52. The average molecular weight is 551 g/mol. The summed E-state index contributed by atoms with van der Waals surface area (Å²) in [6.07, 6.45) is 6.89. The Morgan fingerprint density at radius 3 is 2.76 bits per heavy atom. The second-order valence-corrected chi connectivity index (χ2v) is 12.4. The maximum atomic E-state index is 13.7. The fraction of sp³-hybridized carbons (Fsp3) is 0.400. The first-order valence-electron chi connectivity index (χ1n) is 14.9. The van der Waals surface area contributed by atoms with Crippen LogP contribution in [0.4, 0.5) is 0 Å². The summed E-state index contributed by atoms with van der Waals surface area (Å²) in [5, 5.41) is 24.1. The monoisotopic (exact) mass is 550 g/mol. The number of carbonyl (C=O) groups is 1. The van der Waals surface area contributed by atoms with E-state index in [1.54, 1.807) is 17.0 Å². The number of amides is 1. The van der Waals surface area contributed by atoms with Crippen LogP contribution in [-0.4, -0.2) is 69.8 Å². The summed E-state index contributed by atoms with van der Waals surface area (Å²) in [5.74, 6) is 0.563. The molecule has 5 atom stereocenters. The Hall–Kier alpha value is -3.61. The molecule has 7 rings (SSSR count). The number of ether oxygens (including phenoxy) is 1. The highest BCUT2D eigenvalue weighted by molar-refractivity contribution is 5.92. The van der Waals surface area contributed by atoms with Gasteiger partial charge in [0, 0.05) is 31.3 Å². The van der Waals surface area contributed by atoms with E-state index in [-0.39, 0.29) is 29.8 Å². The first-order valence-corrected chi connectivity index (χ1v) is 14.9. The molecule has 41 heavy (non-hydrogen) atoms. The van der Waals surface area contributed by atoms with Gasteiger partial charge in [-0.1, -0.05) is 66.2 Å². The quantitative estimate of drug-likeness (QED) is 0.438. The molecule has 6 heteroatoms. The smallest absolute Gasteiger partial charge is 0.246 e. The SMILES string of the molecule is Cc1cccc(/C=C/C(=O)N(C)C2CCC3Oc4c(O)ccc5c4[C@@]34CCN(CCc3ccccc3)[C@H](C5)[C@]24O)c1. The van der Waals surface area contributed by atoms with Crippen LogP contribution in [0.1, 0.15) is 47.1 Å². The molecule has 2 bridgehead atoms. The fourth-order valence-electron chi connectivity index (χ4n) is 8.52. The van der Waals surface area contributed by atoms with Crippen LogP contribution >= 0.6 is 0 Å². The number of likely N-dealkylation sites (tertiary alicyclic amines) is 1. The third kappa shape index (κ3) is 3.87. The van der Waals surface area contributed by atoms with Crippen LogP contribution in [0.2, 0.25) is 0 Å². The van der Waals surface area contributed by atoms with Crippen molar-refractivity contribution >= 4 is 12.0 Å². The number of benzene rings is 3. The molecule has 2 aliphatic carbocycles. The van der Waals surface area contributed by atoms with Crippen molar-refractivity contribution < 1.29 is 19.7 Å². The standard InChI is InChI=1S/C35H38N2O4/c1-23-7-6-10-25(21-23)11-16-31(39)36(2)28-14-15-30-34-18-20-37(19-17-24-8-4-3-5-9-24)29(35(28,34)40)22-26-12-13-27(38)33(41-30)32(26)34/h3-13,16,21,28-30,38,40H,14-15,17-20,22H2,1-2H3/b16-11+/t28?,29-,30?,34-,35-/m1/s1. The van der Waals surface area contributed by atoms with Gasteiger partial charge in [-0.05, 0) is 74.4 Å². The number of rotatable bonds is 6. The molecule has 2 aliphatic heterocycles. The van der Waals surface area contributed by atoms with Gasteiger partial charge in [0.05, 0.1) is 11.5 Å². The van der Waals surface area contributed by atoms with Crippen molar-refractivity contribution in [3.63, 3.8) is 0 Å². The molecule has 0 radical (unpaired) electrons. The summed E-state index contributed by atoms with van der Waals surface area (Å²) in [5.41, 5.74) is 3.63. The highest BCUT2D eigenvalue weighted by atomic mass is 16.5. The number of aromatic hydroxyl groups is 1. The van der Waals surface area contributed by atoms with E-state index in [9.17, 15) is 15.0 Å². The van der Waals surface area contributed by atoms with Crippen molar-refractivity contribution in [3.8, 4) is 11.5 Å². The molecular weight excluding hydrogens is 512 g/mol. The summed E-state index contributed by atoms with van der Waals surface area (Å²) in [7, 11) is 1.83. The number of hydrogen-bond acceptors (Lipinski definition) is 5. The Morgan fingerprint density at radius 2 is 1.95 bits per heavy atom. The van der Waals surface area contributed by atoms with Crippen LogP contribution in [0.5, 0.6) is 11.5 Å². The van der Waals surface area contributed by atoms with E-state index >= 15 is 0 Å². The van der Waals surface area contributed by atoms with Gasteiger partial charge in [-0.15, -0.1) is 0 Å². The van der Waals surface area contributed by atoms with Gasteiger partial charge in [0.2, 0.25) is 5.91 Å². The lowest BCUT2D eigenvalue weighted by Crippen LogP contribution is -2.81. The third-order valence-corrected chi connectivity index (χ3v) is 10.4. The molecule has 2 fully saturated rings. The van der Waals surface area contributed by atoms with E-state index in [2.05, 4.69) is 35.2 Å². The second kappa shape index (κ2) is 9.74. The van der Waals surface area contributed by atoms with Crippen molar-refractivity contribution in [3.05, 3.63) is 101 Å². The number of aliphatic hydroxyl groups is 1. The zero-order chi connectivity index (χ0) is 28.4. The maximum Gasteiger partial charge on any atom is 0.246 e. The molecular formula is C35H38N2O4. The number of aryl methyl sites for hydroxylation is 1. The van der Waals surface area contributed by atoms with Crippen molar-refractivity contribution in [2.45, 2.75) is 68.2 Å². The third-order valence-electron chi connectivity index (χ3n) is 10.4. The van der Waals surface area contributed by atoms with Crippen LogP contribution in [0.25, 0.3) is 6.08 Å². The molecule has 0 aromatic heterocycles. The van der Waals surface area contributed by atoms with Crippen LogP contribution in [0, 0.1) is 6.92 Å². The zero-order valence-electron chi connectivity index (χ0n) is 23.8. The van der Waals surface area contributed by atoms with Crippen molar-refractivity contribution in [1.82, 2.24) is 9.80 Å². The lowest BCUT2D eigenvalue weighted by molar-refractivity contribution is -0.216. The molecule has 4 aliphatic rings. The molecule has 1 saturated heterocycles. The van der Waals surface area contributed by atoms with Crippen LogP contribution in [0.15, 0.2) is 72.8 Å². The van der Waals surface area contributed by atoms with Crippen LogP contribution < -0.4 is 4.74 Å². The Kier molecular flexibility index (Phi) is 6.25. The Bertz CT molecular complexity index is 1520. The lowest BCUT2D eigenvalue weighted by Gasteiger charge is -2.66. The molecule has 1 spiro atoms. The summed E-state index contributed by atoms with van der Waals surface area (Å²) < 4.78 is 6.50. The first-order chi connectivity index (χ1) is 19.8. The molecule has 1 saturated carbocycles. The number of carbonyl (C=O) groups excluding carboxylic acids is 1. The van der Waals surface area contributed by atoms with Gasteiger partial charge >= 0.3 is 0 Å². The number of likely N-dealkylation sites (N-methyl/N-ethyl adjacent to an activating group) is 1. The maximum absolute atomic E-state index is 13.7. The van der Waals surface area contributed by atoms with E-state index in [0.717, 1.165) is 54.6 Å². The summed E-state index contributed by atoms with van der Waals surface area (Å²) in [6, 6.07) is 21.8. The van der Waals surface area contributed by atoms with Gasteiger partial charge in [0.15, 0.2) is 11.5 Å². The predicted octanol–water partition coefficient (Wildman–Crippen LogP) is 4.64. The lowest BCUT2D eigenvalue weighted by atomic mass is 9.47. The first kappa shape index (κ1) is 26.3. The van der Waals surface area contributed by atoms with Gasteiger partial charge in [0.25, 0.3) is 0 Å². The van der Waals surface area contributed by atoms with Gasteiger partial charge in [0.1, 0.15) is 11.7 Å². The molecule has 3 aromatic carbocycles. The molecule has 2 heterocycles. The van der Waals surface area contributed by atoms with E-state index in [4.69, 9.17) is 4.74 Å². The van der Waals surface area contributed by atoms with Gasteiger partial charge < -0.3 is 19.8 Å². The number of hydrogen-bond donors (Lipinski definition) is 2. The average Bonchev–Trinajstić information content (AvgIpc) is 3.32.